The average molecular weight is 275 g/mol. The Labute approximate surface area is 117 Å². The fraction of sp³-hybridized carbons (Fsp3) is 0.267. The third-order valence-electron chi connectivity index (χ3n) is 2.94. The van der Waals surface area contributed by atoms with Gasteiger partial charge in [0.25, 0.3) is 5.91 Å². The summed E-state index contributed by atoms with van der Waals surface area (Å²) in [5.41, 5.74) is 0.937. The monoisotopic (exact) mass is 275 g/mol. The number of nitrogens with one attached hydrogen (secondary N) is 1. The van der Waals surface area contributed by atoms with Crippen LogP contribution in [0.2, 0.25) is 0 Å². The molecule has 0 fully saturated rings. The van der Waals surface area contributed by atoms with E-state index in [4.69, 9.17) is 13.9 Å². The van der Waals surface area contributed by atoms with E-state index < -0.39 is 0 Å². The Morgan fingerprint density at radius 1 is 1.30 bits per heavy atom. The molecule has 0 bridgehead atoms. The van der Waals surface area contributed by atoms with Gasteiger partial charge in [-0.1, -0.05) is 12.1 Å². The second kappa shape index (κ2) is 6.77. The standard InChI is InChI=1S/C15H17NO4/c1-18-12-6-3-5-11(9-12)14(19-2)10-16-15(17)13-7-4-8-20-13/h3-9,14H,10H2,1-2H3,(H,16,17). The van der Waals surface area contributed by atoms with Crippen molar-refractivity contribution in [1.82, 2.24) is 5.32 Å². The molecule has 1 unspecified atom stereocenters. The molecule has 5 nitrogen and oxygen atoms in total. The lowest BCUT2D eigenvalue weighted by Crippen LogP contribution is -2.28. The van der Waals surface area contributed by atoms with Crippen LogP contribution < -0.4 is 10.1 Å². The summed E-state index contributed by atoms with van der Waals surface area (Å²) < 4.78 is 15.6. The maximum Gasteiger partial charge on any atom is 0.287 e. The van der Waals surface area contributed by atoms with E-state index in [1.54, 1.807) is 26.4 Å². The maximum absolute atomic E-state index is 11.8. The Morgan fingerprint density at radius 3 is 2.80 bits per heavy atom. The number of amides is 1. The summed E-state index contributed by atoms with van der Waals surface area (Å²) in [5.74, 6) is 0.771. The van der Waals surface area contributed by atoms with Crippen LogP contribution in [0.25, 0.3) is 0 Å². The number of hydrogen-bond donors (Lipinski definition) is 1. The first-order valence-corrected chi connectivity index (χ1v) is 6.23. The summed E-state index contributed by atoms with van der Waals surface area (Å²) >= 11 is 0. The molecule has 0 aliphatic carbocycles. The highest BCUT2D eigenvalue weighted by Gasteiger charge is 2.14. The van der Waals surface area contributed by atoms with Crippen LogP contribution in [0.5, 0.6) is 5.75 Å². The molecule has 1 N–H and O–H groups in total. The molecule has 1 atom stereocenters. The SMILES string of the molecule is COc1cccc(C(CNC(=O)c2ccco2)OC)c1. The zero-order valence-electron chi connectivity index (χ0n) is 11.5. The number of hydrogen-bond acceptors (Lipinski definition) is 4. The Morgan fingerprint density at radius 2 is 2.15 bits per heavy atom. The first-order valence-electron chi connectivity index (χ1n) is 6.23. The highest BCUT2D eigenvalue weighted by molar-refractivity contribution is 5.91. The average Bonchev–Trinajstić information content (AvgIpc) is 3.02. The summed E-state index contributed by atoms with van der Waals surface area (Å²) in [5, 5.41) is 2.77. The Balaban J connectivity index is 2.00. The molecule has 1 heterocycles. The van der Waals surface area contributed by atoms with Crippen molar-refractivity contribution < 1.29 is 18.7 Å². The molecule has 0 aliphatic rings. The quantitative estimate of drug-likeness (QED) is 0.879. The fourth-order valence-electron chi connectivity index (χ4n) is 1.86. The predicted octanol–water partition coefficient (Wildman–Crippen LogP) is 2.41. The number of benzene rings is 1. The molecule has 1 aromatic carbocycles. The molecule has 0 saturated carbocycles. The molecule has 2 rings (SSSR count). The van der Waals surface area contributed by atoms with Crippen LogP contribution in [-0.2, 0) is 4.74 Å². The minimum atomic E-state index is -0.264. The predicted molar refractivity (Wildman–Crippen MR) is 73.8 cm³/mol. The van der Waals surface area contributed by atoms with Crippen LogP contribution >= 0.6 is 0 Å². The van der Waals surface area contributed by atoms with Crippen molar-refractivity contribution in [2.24, 2.45) is 0 Å². The summed E-state index contributed by atoms with van der Waals surface area (Å²) in [7, 11) is 3.21. The van der Waals surface area contributed by atoms with E-state index in [9.17, 15) is 4.79 Å². The first kappa shape index (κ1) is 14.1. The number of furan rings is 1. The Hall–Kier alpha value is -2.27. The molecule has 0 spiro atoms. The van der Waals surface area contributed by atoms with Gasteiger partial charge in [-0.25, -0.2) is 0 Å². The van der Waals surface area contributed by atoms with Gasteiger partial charge in [-0.05, 0) is 29.8 Å². The molecule has 0 aliphatic heterocycles. The lowest BCUT2D eigenvalue weighted by molar-refractivity contribution is 0.0807. The molecular formula is C15H17NO4. The second-order valence-electron chi connectivity index (χ2n) is 4.19. The summed E-state index contributed by atoms with van der Waals surface area (Å²) in [4.78, 5) is 11.8. The zero-order valence-corrected chi connectivity index (χ0v) is 11.5. The zero-order chi connectivity index (χ0) is 14.4. The van der Waals surface area contributed by atoms with E-state index in [1.807, 2.05) is 24.3 Å². The number of ether oxygens (including phenoxy) is 2. The molecule has 106 valence electrons. The van der Waals surface area contributed by atoms with Crippen LogP contribution in [0.15, 0.2) is 47.1 Å². The van der Waals surface area contributed by atoms with Gasteiger partial charge in [0.05, 0.1) is 19.5 Å². The summed E-state index contributed by atoms with van der Waals surface area (Å²) in [6, 6.07) is 10.8. The van der Waals surface area contributed by atoms with Crippen LogP contribution in [0.1, 0.15) is 22.2 Å². The van der Waals surface area contributed by atoms with Crippen LogP contribution in [0.3, 0.4) is 0 Å². The highest BCUT2D eigenvalue weighted by atomic mass is 16.5. The highest BCUT2D eigenvalue weighted by Crippen LogP contribution is 2.21. The van der Waals surface area contributed by atoms with Crippen molar-refractivity contribution in [3.05, 3.63) is 54.0 Å². The normalized spacial score (nSPS) is 11.9. The van der Waals surface area contributed by atoms with Crippen molar-refractivity contribution in [3.63, 3.8) is 0 Å². The van der Waals surface area contributed by atoms with Gasteiger partial charge in [-0.3, -0.25) is 4.79 Å². The molecule has 1 aromatic heterocycles. The molecule has 0 saturated heterocycles. The van der Waals surface area contributed by atoms with Gasteiger partial charge in [-0.15, -0.1) is 0 Å². The van der Waals surface area contributed by atoms with Crippen molar-refractivity contribution in [2.75, 3.05) is 20.8 Å². The van der Waals surface area contributed by atoms with Gasteiger partial charge in [0, 0.05) is 13.7 Å². The van der Waals surface area contributed by atoms with Gasteiger partial charge in [0.1, 0.15) is 5.75 Å². The van der Waals surface area contributed by atoms with E-state index in [2.05, 4.69) is 5.32 Å². The van der Waals surface area contributed by atoms with E-state index in [-0.39, 0.29) is 17.8 Å². The van der Waals surface area contributed by atoms with Crippen LogP contribution in [0, 0.1) is 0 Å². The number of rotatable bonds is 6. The largest absolute Gasteiger partial charge is 0.497 e. The summed E-state index contributed by atoms with van der Waals surface area (Å²) in [6.07, 6.45) is 1.22. The van der Waals surface area contributed by atoms with Gasteiger partial charge < -0.3 is 19.2 Å². The molecule has 5 heteroatoms. The number of carbonyl (C=O) groups is 1. The van der Waals surface area contributed by atoms with Crippen LogP contribution in [0.4, 0.5) is 0 Å². The minimum Gasteiger partial charge on any atom is -0.497 e. The van der Waals surface area contributed by atoms with E-state index in [1.165, 1.54) is 6.26 Å². The Bertz CT molecular complexity index is 551. The van der Waals surface area contributed by atoms with Crippen molar-refractivity contribution in [1.29, 1.82) is 0 Å². The van der Waals surface area contributed by atoms with Crippen LogP contribution in [-0.4, -0.2) is 26.7 Å². The lowest BCUT2D eigenvalue weighted by Gasteiger charge is -2.16. The van der Waals surface area contributed by atoms with Gasteiger partial charge in [-0.2, -0.15) is 0 Å². The second-order valence-corrected chi connectivity index (χ2v) is 4.19. The van der Waals surface area contributed by atoms with Crippen molar-refractivity contribution >= 4 is 5.91 Å². The molecule has 0 radical (unpaired) electrons. The van der Waals surface area contributed by atoms with Crippen molar-refractivity contribution in [2.45, 2.75) is 6.10 Å². The van der Waals surface area contributed by atoms with Gasteiger partial charge >= 0.3 is 0 Å². The van der Waals surface area contributed by atoms with E-state index in [0.29, 0.717) is 6.54 Å². The van der Waals surface area contributed by atoms with E-state index in [0.717, 1.165) is 11.3 Å². The molecule has 20 heavy (non-hydrogen) atoms. The Kier molecular flexibility index (Phi) is 4.79. The first-order chi connectivity index (χ1) is 9.74. The van der Waals surface area contributed by atoms with Crippen molar-refractivity contribution in [3.8, 4) is 5.75 Å². The smallest absolute Gasteiger partial charge is 0.287 e. The summed E-state index contributed by atoms with van der Waals surface area (Å²) in [6.45, 7) is 0.350. The van der Waals surface area contributed by atoms with Gasteiger partial charge in [0.2, 0.25) is 0 Å². The topological polar surface area (TPSA) is 60.7 Å². The number of carbonyl (C=O) groups excluding carboxylic acids is 1. The third-order valence-corrected chi connectivity index (χ3v) is 2.94. The maximum atomic E-state index is 11.8. The van der Waals surface area contributed by atoms with E-state index >= 15 is 0 Å². The molecular weight excluding hydrogens is 258 g/mol. The molecule has 1 amide bonds. The number of methoxy groups -OCH3 is 2. The fourth-order valence-corrected chi connectivity index (χ4v) is 1.86. The minimum absolute atomic E-state index is 0.246. The third kappa shape index (κ3) is 3.39. The molecule has 2 aromatic rings. The van der Waals surface area contributed by atoms with Gasteiger partial charge in [0.15, 0.2) is 5.76 Å². The lowest BCUT2D eigenvalue weighted by atomic mass is 10.1.